The molecule has 0 nitrogen and oxygen atoms in total. The van der Waals surface area contributed by atoms with E-state index in [1.807, 2.05) is 12.2 Å². The highest BCUT2D eigenvalue weighted by Crippen LogP contribution is 2.51. The van der Waals surface area contributed by atoms with Gasteiger partial charge in [0, 0.05) is 10.3 Å². The summed E-state index contributed by atoms with van der Waals surface area (Å²) in [5.74, 6) is 0. The maximum absolute atomic E-state index is 3.94. The van der Waals surface area contributed by atoms with E-state index in [-0.39, 0.29) is 10.8 Å². The van der Waals surface area contributed by atoms with Crippen LogP contribution in [0.1, 0.15) is 27.7 Å². The predicted octanol–water partition coefficient (Wildman–Crippen LogP) is 4.93. The second kappa shape index (κ2) is 4.05. The van der Waals surface area contributed by atoms with Crippen LogP contribution in [0, 0.1) is 10.8 Å². The molecule has 0 spiro atoms. The van der Waals surface area contributed by atoms with Crippen molar-refractivity contribution in [3.63, 3.8) is 0 Å². The van der Waals surface area contributed by atoms with E-state index in [1.165, 1.54) is 10.5 Å². The predicted molar refractivity (Wildman–Crippen MR) is 71.7 cm³/mol. The molecule has 0 aliphatic carbocycles. The molecule has 1 aliphatic rings. The lowest BCUT2D eigenvalue weighted by atomic mass is 9.63. The second-order valence-electron chi connectivity index (χ2n) is 5.06. The van der Waals surface area contributed by atoms with Gasteiger partial charge in [0.15, 0.2) is 0 Å². The molecule has 1 unspecified atom stereocenters. The van der Waals surface area contributed by atoms with Crippen LogP contribution >= 0.6 is 11.8 Å². The standard InChI is InChI=1S/C14H20S/c1-7-11-12(8-2)15-10-9-14(11,6)13(3,4)5/h7-10H,1-2H2,3-6H3. The highest BCUT2D eigenvalue weighted by atomic mass is 32.2. The fourth-order valence-electron chi connectivity index (χ4n) is 1.78. The normalized spacial score (nSPS) is 26.7. The second-order valence-corrected chi connectivity index (χ2v) is 6.01. The molecule has 1 heteroatoms. The molecule has 1 rings (SSSR count). The van der Waals surface area contributed by atoms with Gasteiger partial charge in [-0.05, 0) is 16.4 Å². The van der Waals surface area contributed by atoms with Crippen LogP contribution < -0.4 is 0 Å². The molecular weight excluding hydrogens is 200 g/mol. The van der Waals surface area contributed by atoms with E-state index in [9.17, 15) is 0 Å². The molecule has 1 heterocycles. The highest BCUT2D eigenvalue weighted by Gasteiger charge is 2.39. The van der Waals surface area contributed by atoms with Gasteiger partial charge >= 0.3 is 0 Å². The minimum absolute atomic E-state index is 0.0452. The third-order valence-electron chi connectivity index (χ3n) is 3.37. The molecule has 0 bridgehead atoms. The van der Waals surface area contributed by atoms with E-state index >= 15 is 0 Å². The average Bonchev–Trinajstić information content (AvgIpc) is 2.15. The van der Waals surface area contributed by atoms with Crippen molar-refractivity contribution >= 4 is 11.8 Å². The summed E-state index contributed by atoms with van der Waals surface area (Å²) in [5, 5.41) is 2.16. The molecular formula is C14H20S. The lowest BCUT2D eigenvalue weighted by molar-refractivity contribution is 0.217. The van der Waals surface area contributed by atoms with E-state index in [0.29, 0.717) is 0 Å². The van der Waals surface area contributed by atoms with Gasteiger partial charge in [-0.15, -0.1) is 0 Å². The van der Waals surface area contributed by atoms with Gasteiger partial charge in [0.1, 0.15) is 0 Å². The Kier molecular flexibility index (Phi) is 3.34. The molecule has 0 aromatic carbocycles. The molecule has 1 aliphatic heterocycles. The average molecular weight is 220 g/mol. The van der Waals surface area contributed by atoms with Crippen molar-refractivity contribution < 1.29 is 0 Å². The van der Waals surface area contributed by atoms with Crippen LogP contribution in [0.3, 0.4) is 0 Å². The Morgan fingerprint density at radius 1 is 1.27 bits per heavy atom. The zero-order valence-electron chi connectivity index (χ0n) is 10.1. The highest BCUT2D eigenvalue weighted by molar-refractivity contribution is 8.06. The Balaban J connectivity index is 3.35. The van der Waals surface area contributed by atoms with E-state index in [1.54, 1.807) is 11.8 Å². The molecule has 15 heavy (non-hydrogen) atoms. The molecule has 0 saturated heterocycles. The summed E-state index contributed by atoms with van der Waals surface area (Å²) >= 11 is 1.72. The molecule has 1 atom stereocenters. The zero-order chi connectivity index (χ0) is 11.7. The van der Waals surface area contributed by atoms with Crippen LogP contribution in [0.2, 0.25) is 0 Å². The van der Waals surface area contributed by atoms with E-state index < -0.39 is 0 Å². The molecule has 0 N–H and O–H groups in total. The van der Waals surface area contributed by atoms with Crippen LogP contribution in [0.15, 0.2) is 47.3 Å². The molecule has 0 amide bonds. The summed E-state index contributed by atoms with van der Waals surface area (Å²) in [6.07, 6.45) is 6.18. The Morgan fingerprint density at radius 2 is 1.87 bits per heavy atom. The lowest BCUT2D eigenvalue weighted by Gasteiger charge is -2.43. The van der Waals surface area contributed by atoms with E-state index in [2.05, 4.69) is 52.3 Å². The first kappa shape index (κ1) is 12.4. The summed E-state index contributed by atoms with van der Waals surface area (Å²) in [5.41, 5.74) is 1.52. The quantitative estimate of drug-likeness (QED) is 0.636. The van der Waals surface area contributed by atoms with Crippen molar-refractivity contribution in [2.45, 2.75) is 27.7 Å². The fraction of sp³-hybridized carbons (Fsp3) is 0.429. The van der Waals surface area contributed by atoms with Crippen molar-refractivity contribution in [1.82, 2.24) is 0 Å². The first-order valence-corrected chi connectivity index (χ1v) is 6.09. The monoisotopic (exact) mass is 220 g/mol. The smallest absolute Gasteiger partial charge is 0.0171 e. The number of rotatable bonds is 2. The summed E-state index contributed by atoms with van der Waals surface area (Å²) in [6, 6.07) is 0. The van der Waals surface area contributed by atoms with Crippen LogP contribution in [0.25, 0.3) is 0 Å². The Hall–Kier alpha value is -0.690. The Bertz CT molecular complexity index is 339. The van der Waals surface area contributed by atoms with Gasteiger partial charge in [0.25, 0.3) is 0 Å². The van der Waals surface area contributed by atoms with Gasteiger partial charge in [-0.3, -0.25) is 0 Å². The number of thioether (sulfide) groups is 1. The molecule has 0 fully saturated rings. The lowest BCUT2D eigenvalue weighted by Crippen LogP contribution is -2.33. The molecule has 82 valence electrons. The van der Waals surface area contributed by atoms with Crippen LogP contribution in [-0.4, -0.2) is 0 Å². The third kappa shape index (κ3) is 1.98. The number of allylic oxidation sites excluding steroid dienone is 4. The van der Waals surface area contributed by atoms with Crippen molar-refractivity contribution in [2.24, 2.45) is 10.8 Å². The molecule has 0 aromatic heterocycles. The van der Waals surface area contributed by atoms with E-state index in [0.717, 1.165) is 0 Å². The minimum atomic E-state index is 0.0452. The van der Waals surface area contributed by atoms with E-state index in [4.69, 9.17) is 0 Å². The summed E-state index contributed by atoms with van der Waals surface area (Å²) < 4.78 is 0. The van der Waals surface area contributed by atoms with Gasteiger partial charge in [-0.1, -0.05) is 70.8 Å². The Labute approximate surface area is 97.8 Å². The van der Waals surface area contributed by atoms with Crippen molar-refractivity contribution in [2.75, 3.05) is 0 Å². The number of hydrogen-bond acceptors (Lipinski definition) is 1. The first-order chi connectivity index (χ1) is 6.86. The molecule has 0 radical (unpaired) electrons. The summed E-state index contributed by atoms with van der Waals surface area (Å²) in [7, 11) is 0. The topological polar surface area (TPSA) is 0 Å². The zero-order valence-corrected chi connectivity index (χ0v) is 10.9. The number of hydrogen-bond donors (Lipinski definition) is 0. The van der Waals surface area contributed by atoms with Gasteiger partial charge in [-0.2, -0.15) is 0 Å². The Morgan fingerprint density at radius 3 is 2.27 bits per heavy atom. The van der Waals surface area contributed by atoms with Crippen molar-refractivity contribution in [3.8, 4) is 0 Å². The van der Waals surface area contributed by atoms with Gasteiger partial charge in [0.2, 0.25) is 0 Å². The van der Waals surface area contributed by atoms with Gasteiger partial charge in [-0.25, -0.2) is 0 Å². The largest absolute Gasteiger partial charge is 0.0987 e. The minimum Gasteiger partial charge on any atom is -0.0987 e. The van der Waals surface area contributed by atoms with Crippen molar-refractivity contribution in [1.29, 1.82) is 0 Å². The fourth-order valence-corrected chi connectivity index (χ4v) is 2.78. The van der Waals surface area contributed by atoms with Gasteiger partial charge < -0.3 is 0 Å². The molecule has 0 aromatic rings. The summed E-state index contributed by atoms with van der Waals surface area (Å²) in [4.78, 5) is 1.23. The first-order valence-electron chi connectivity index (χ1n) is 5.21. The van der Waals surface area contributed by atoms with Crippen molar-refractivity contribution in [3.05, 3.63) is 47.3 Å². The maximum Gasteiger partial charge on any atom is 0.0171 e. The SMILES string of the molecule is C=CC1=C(C=C)C(C)(C(C)(C)C)C=CS1. The summed E-state index contributed by atoms with van der Waals surface area (Å²) in [6.45, 7) is 16.9. The van der Waals surface area contributed by atoms with Crippen LogP contribution in [0.4, 0.5) is 0 Å². The maximum atomic E-state index is 3.94. The molecule has 0 saturated carbocycles. The van der Waals surface area contributed by atoms with Gasteiger partial charge in [0.05, 0.1) is 0 Å². The van der Waals surface area contributed by atoms with Crippen LogP contribution in [0.5, 0.6) is 0 Å². The third-order valence-corrected chi connectivity index (χ3v) is 4.28. The van der Waals surface area contributed by atoms with Crippen LogP contribution in [-0.2, 0) is 0 Å².